The molecule has 3 aromatic heterocycles. The van der Waals surface area contributed by atoms with E-state index in [-0.39, 0.29) is 0 Å². The number of benzene rings is 5. The highest BCUT2D eigenvalue weighted by atomic mass is 16.3. The molecule has 0 N–H and O–H groups in total. The van der Waals surface area contributed by atoms with Crippen molar-refractivity contribution in [2.75, 3.05) is 0 Å². The van der Waals surface area contributed by atoms with Crippen molar-refractivity contribution in [1.29, 1.82) is 0 Å². The largest absolute Gasteiger partial charge is 0.456 e. The zero-order chi connectivity index (χ0) is 25.1. The summed E-state index contributed by atoms with van der Waals surface area (Å²) in [5.74, 6) is 0.646. The molecule has 4 heteroatoms. The summed E-state index contributed by atoms with van der Waals surface area (Å²) < 4.78 is 8.33. The SMILES string of the molecule is c1ccc(-c2ccc(-c3cnc(-n4c5ccccc5c5c6c(ccc54)oc4ccccc46)nc3)cc2)cc1. The van der Waals surface area contributed by atoms with Gasteiger partial charge in [0.2, 0.25) is 5.95 Å². The Morgan fingerprint density at radius 1 is 0.447 bits per heavy atom. The molecule has 0 saturated heterocycles. The second kappa shape index (κ2) is 8.15. The van der Waals surface area contributed by atoms with Crippen LogP contribution in [0.25, 0.3) is 71.9 Å². The van der Waals surface area contributed by atoms with Gasteiger partial charge in [0.1, 0.15) is 11.2 Å². The molecule has 0 radical (unpaired) electrons. The molecule has 0 aliphatic rings. The van der Waals surface area contributed by atoms with E-state index in [1.54, 1.807) is 0 Å². The smallest absolute Gasteiger partial charge is 0.234 e. The maximum atomic E-state index is 6.19. The van der Waals surface area contributed by atoms with Crippen LogP contribution >= 0.6 is 0 Å². The number of furan rings is 1. The van der Waals surface area contributed by atoms with Crippen molar-refractivity contribution in [3.8, 4) is 28.2 Å². The molecule has 3 heterocycles. The highest BCUT2D eigenvalue weighted by Gasteiger charge is 2.19. The number of para-hydroxylation sites is 2. The molecular weight excluding hydrogens is 466 g/mol. The highest BCUT2D eigenvalue weighted by molar-refractivity contribution is 6.27. The van der Waals surface area contributed by atoms with Gasteiger partial charge >= 0.3 is 0 Å². The van der Waals surface area contributed by atoms with Crippen molar-refractivity contribution in [3.05, 3.63) is 128 Å². The molecule has 0 aliphatic heterocycles. The minimum atomic E-state index is 0.646. The molecule has 5 aromatic carbocycles. The molecular formula is C34H21N3O. The van der Waals surface area contributed by atoms with Crippen molar-refractivity contribution in [2.45, 2.75) is 0 Å². The summed E-state index contributed by atoms with van der Waals surface area (Å²) in [7, 11) is 0. The van der Waals surface area contributed by atoms with Gasteiger partial charge in [-0.25, -0.2) is 9.97 Å². The number of nitrogens with zero attached hydrogens (tertiary/aromatic N) is 3. The summed E-state index contributed by atoms with van der Waals surface area (Å²) in [4.78, 5) is 9.67. The van der Waals surface area contributed by atoms with Crippen LogP contribution in [0.1, 0.15) is 0 Å². The first-order valence-corrected chi connectivity index (χ1v) is 12.7. The van der Waals surface area contributed by atoms with Crippen molar-refractivity contribution in [1.82, 2.24) is 14.5 Å². The second-order valence-corrected chi connectivity index (χ2v) is 9.50. The van der Waals surface area contributed by atoms with E-state index in [2.05, 4.69) is 102 Å². The number of aromatic nitrogens is 3. The molecule has 4 nitrogen and oxygen atoms in total. The monoisotopic (exact) mass is 487 g/mol. The lowest BCUT2D eigenvalue weighted by molar-refractivity contribution is 0.669. The first-order chi connectivity index (χ1) is 18.8. The van der Waals surface area contributed by atoms with Gasteiger partial charge in [-0.1, -0.05) is 91.0 Å². The Labute approximate surface area is 218 Å². The zero-order valence-corrected chi connectivity index (χ0v) is 20.4. The third-order valence-corrected chi connectivity index (χ3v) is 7.34. The van der Waals surface area contributed by atoms with Crippen molar-refractivity contribution in [3.63, 3.8) is 0 Å². The predicted octanol–water partition coefficient (Wildman–Crippen LogP) is 8.81. The van der Waals surface area contributed by atoms with E-state index >= 15 is 0 Å². The van der Waals surface area contributed by atoms with Gasteiger partial charge < -0.3 is 4.42 Å². The van der Waals surface area contributed by atoms with Crippen LogP contribution in [0, 0.1) is 0 Å². The Balaban J connectivity index is 1.27. The Kier molecular flexibility index (Phi) is 4.49. The molecule has 0 fully saturated rings. The van der Waals surface area contributed by atoms with Gasteiger partial charge in [0.15, 0.2) is 0 Å². The average molecular weight is 488 g/mol. The number of hydrogen-bond donors (Lipinski definition) is 0. The average Bonchev–Trinajstić information content (AvgIpc) is 3.53. The van der Waals surface area contributed by atoms with Gasteiger partial charge in [-0.3, -0.25) is 4.57 Å². The highest BCUT2D eigenvalue weighted by Crippen LogP contribution is 2.40. The fraction of sp³-hybridized carbons (Fsp3) is 0. The van der Waals surface area contributed by atoms with Crippen molar-refractivity contribution < 1.29 is 4.42 Å². The predicted molar refractivity (Wildman–Crippen MR) is 155 cm³/mol. The maximum absolute atomic E-state index is 6.19. The summed E-state index contributed by atoms with van der Waals surface area (Å²) in [6, 6.07) is 39.8. The number of fused-ring (bicyclic) bond motifs is 7. The van der Waals surface area contributed by atoms with Crippen LogP contribution in [0.4, 0.5) is 0 Å². The molecule has 0 atom stereocenters. The van der Waals surface area contributed by atoms with Crippen LogP contribution < -0.4 is 0 Å². The zero-order valence-electron chi connectivity index (χ0n) is 20.4. The van der Waals surface area contributed by atoms with Gasteiger partial charge in [0, 0.05) is 39.5 Å². The van der Waals surface area contributed by atoms with Gasteiger partial charge in [-0.2, -0.15) is 0 Å². The molecule has 0 amide bonds. The quantitative estimate of drug-likeness (QED) is 0.250. The lowest BCUT2D eigenvalue weighted by Crippen LogP contribution is -2.00. The van der Waals surface area contributed by atoms with E-state index in [1.807, 2.05) is 30.6 Å². The Morgan fingerprint density at radius 2 is 1.08 bits per heavy atom. The topological polar surface area (TPSA) is 43.9 Å². The maximum Gasteiger partial charge on any atom is 0.234 e. The molecule has 0 aliphatic carbocycles. The molecule has 38 heavy (non-hydrogen) atoms. The molecule has 0 spiro atoms. The third kappa shape index (κ3) is 3.10. The van der Waals surface area contributed by atoms with E-state index in [0.29, 0.717) is 5.95 Å². The first-order valence-electron chi connectivity index (χ1n) is 12.7. The lowest BCUT2D eigenvalue weighted by Gasteiger charge is -2.08. The summed E-state index contributed by atoms with van der Waals surface area (Å²) in [6.07, 6.45) is 3.82. The summed E-state index contributed by atoms with van der Waals surface area (Å²) in [6.45, 7) is 0. The third-order valence-electron chi connectivity index (χ3n) is 7.34. The minimum Gasteiger partial charge on any atom is -0.456 e. The molecule has 8 aromatic rings. The van der Waals surface area contributed by atoms with E-state index in [1.165, 1.54) is 11.1 Å². The van der Waals surface area contributed by atoms with Crippen LogP contribution in [0.15, 0.2) is 132 Å². The molecule has 0 saturated carbocycles. The van der Waals surface area contributed by atoms with Gasteiger partial charge in [-0.05, 0) is 41.0 Å². The van der Waals surface area contributed by atoms with Gasteiger partial charge in [0.05, 0.1) is 11.0 Å². The lowest BCUT2D eigenvalue weighted by atomic mass is 10.0. The fourth-order valence-electron chi connectivity index (χ4n) is 5.56. The Bertz CT molecular complexity index is 2100. The van der Waals surface area contributed by atoms with Crippen LogP contribution in [0.3, 0.4) is 0 Å². The van der Waals surface area contributed by atoms with Crippen LogP contribution in [-0.2, 0) is 0 Å². The fourth-order valence-corrected chi connectivity index (χ4v) is 5.56. The molecule has 8 rings (SSSR count). The Hall–Kier alpha value is -5.22. The van der Waals surface area contributed by atoms with Crippen molar-refractivity contribution in [2.24, 2.45) is 0 Å². The van der Waals surface area contributed by atoms with E-state index in [9.17, 15) is 0 Å². The first kappa shape index (κ1) is 20.9. The van der Waals surface area contributed by atoms with Crippen molar-refractivity contribution >= 4 is 43.7 Å². The number of rotatable bonds is 3. The normalized spacial score (nSPS) is 11.7. The standard InChI is InChI=1S/C34H21N3O/c1-2-8-22(9-3-1)23-14-16-24(17-15-23)25-20-35-34(36-21-25)37-28-12-6-4-10-26(28)32-29(37)18-19-31-33(32)27-11-5-7-13-30(27)38-31/h1-21H. The number of hydrogen-bond acceptors (Lipinski definition) is 3. The van der Waals surface area contributed by atoms with Crippen LogP contribution in [0.2, 0.25) is 0 Å². The van der Waals surface area contributed by atoms with Crippen LogP contribution in [-0.4, -0.2) is 14.5 Å². The van der Waals surface area contributed by atoms with Crippen LogP contribution in [0.5, 0.6) is 0 Å². The van der Waals surface area contributed by atoms with E-state index in [0.717, 1.165) is 54.9 Å². The minimum absolute atomic E-state index is 0.646. The Morgan fingerprint density at radius 3 is 1.87 bits per heavy atom. The molecule has 0 unspecified atom stereocenters. The summed E-state index contributed by atoms with van der Waals surface area (Å²) in [5, 5.41) is 4.56. The van der Waals surface area contributed by atoms with E-state index in [4.69, 9.17) is 14.4 Å². The summed E-state index contributed by atoms with van der Waals surface area (Å²) >= 11 is 0. The second-order valence-electron chi connectivity index (χ2n) is 9.50. The van der Waals surface area contributed by atoms with Gasteiger partial charge in [0.25, 0.3) is 0 Å². The molecule has 0 bridgehead atoms. The summed E-state index contributed by atoms with van der Waals surface area (Å²) in [5.41, 5.74) is 8.38. The molecule has 178 valence electrons. The van der Waals surface area contributed by atoms with E-state index < -0.39 is 0 Å². The van der Waals surface area contributed by atoms with Gasteiger partial charge in [-0.15, -0.1) is 0 Å².